The van der Waals surface area contributed by atoms with Crippen LogP contribution in [0.5, 0.6) is 5.75 Å². The molecule has 8 nitrogen and oxygen atoms in total. The highest BCUT2D eigenvalue weighted by Crippen LogP contribution is 2.59. The number of rotatable bonds is 8. The zero-order valence-corrected chi connectivity index (χ0v) is 27.9. The summed E-state index contributed by atoms with van der Waals surface area (Å²) in [5, 5.41) is 23.5. The average Bonchev–Trinajstić information content (AvgIpc) is 3.60. The van der Waals surface area contributed by atoms with Gasteiger partial charge in [0.25, 0.3) is 0 Å². The van der Waals surface area contributed by atoms with E-state index in [1.165, 1.54) is 16.1 Å². The van der Waals surface area contributed by atoms with E-state index >= 15 is 0 Å². The first-order chi connectivity index (χ1) is 21.3. The molecule has 1 aliphatic heterocycles. The van der Waals surface area contributed by atoms with E-state index in [1.54, 1.807) is 31.4 Å². The van der Waals surface area contributed by atoms with Crippen LogP contribution in [0.15, 0.2) is 54.1 Å². The Labute approximate surface area is 268 Å². The van der Waals surface area contributed by atoms with Gasteiger partial charge in [0.2, 0.25) is 10.0 Å². The van der Waals surface area contributed by atoms with E-state index < -0.39 is 27.1 Å². The number of nitrogens with zero attached hydrogens (tertiary/aromatic N) is 1. The van der Waals surface area contributed by atoms with Crippen molar-refractivity contribution in [3.05, 3.63) is 76.4 Å². The highest BCUT2D eigenvalue weighted by Gasteiger charge is 2.58. The maximum absolute atomic E-state index is 14.2. The summed E-state index contributed by atoms with van der Waals surface area (Å²) in [6.07, 6.45) is 8.51. The molecule has 3 aliphatic carbocycles. The summed E-state index contributed by atoms with van der Waals surface area (Å²) in [6, 6.07) is 13.0. The molecule has 2 fully saturated rings. The Bertz CT molecular complexity index is 1500. The highest BCUT2D eigenvalue weighted by molar-refractivity contribution is 7.88. The van der Waals surface area contributed by atoms with E-state index in [-0.39, 0.29) is 30.9 Å². The summed E-state index contributed by atoms with van der Waals surface area (Å²) in [5.41, 5.74) is 1.97. The smallest absolute Gasteiger partial charge is 0.211 e. The molecule has 45 heavy (non-hydrogen) atoms. The van der Waals surface area contributed by atoms with Gasteiger partial charge in [0.05, 0.1) is 31.2 Å². The van der Waals surface area contributed by atoms with E-state index in [4.69, 9.17) is 9.47 Å². The third-order valence-corrected chi connectivity index (χ3v) is 11.8. The fourth-order valence-electron chi connectivity index (χ4n) is 7.72. The molecule has 1 saturated carbocycles. The number of carbonyl (C=O) groups is 1. The number of benzene rings is 2. The lowest BCUT2D eigenvalue weighted by Crippen LogP contribution is -2.54. The van der Waals surface area contributed by atoms with Crippen LogP contribution in [-0.2, 0) is 21.2 Å². The first-order valence-corrected chi connectivity index (χ1v) is 18.1. The summed E-state index contributed by atoms with van der Waals surface area (Å²) in [5.74, 6) is 0.341. The predicted molar refractivity (Wildman–Crippen MR) is 175 cm³/mol. The van der Waals surface area contributed by atoms with E-state index in [0.717, 1.165) is 30.4 Å². The van der Waals surface area contributed by atoms with Crippen molar-refractivity contribution in [2.45, 2.75) is 95.4 Å². The topological polar surface area (TPSA) is 113 Å². The lowest BCUT2D eigenvalue weighted by molar-refractivity contribution is -0.0753. The van der Waals surface area contributed by atoms with Gasteiger partial charge in [-0.05, 0) is 112 Å². The van der Waals surface area contributed by atoms with Gasteiger partial charge in [0.15, 0.2) is 5.78 Å². The second-order valence-electron chi connectivity index (χ2n) is 13.7. The molecule has 246 valence electrons. The second kappa shape index (κ2) is 13.7. The first kappa shape index (κ1) is 33.8. The summed E-state index contributed by atoms with van der Waals surface area (Å²) >= 11 is 0. The van der Waals surface area contributed by atoms with Crippen LogP contribution in [0.2, 0.25) is 0 Å². The minimum absolute atomic E-state index is 0.0204. The molecule has 0 spiro atoms. The van der Waals surface area contributed by atoms with E-state index in [1.807, 2.05) is 18.2 Å². The Kier molecular flexibility index (Phi) is 10.3. The van der Waals surface area contributed by atoms with Crippen LogP contribution in [0, 0.1) is 5.41 Å². The molecule has 0 amide bonds. The highest BCUT2D eigenvalue weighted by atomic mass is 32.2. The lowest BCUT2D eigenvalue weighted by atomic mass is 9.64. The van der Waals surface area contributed by atoms with Crippen LogP contribution in [0.1, 0.15) is 98.2 Å². The Hall–Kier alpha value is -2.56. The number of carbonyl (C=O) groups excluding carboxylic acids is 1. The van der Waals surface area contributed by atoms with Gasteiger partial charge in [0, 0.05) is 36.2 Å². The molecule has 4 aliphatic rings. The maximum Gasteiger partial charge on any atom is 0.211 e. The molecule has 5 unspecified atom stereocenters. The van der Waals surface area contributed by atoms with Gasteiger partial charge in [0.1, 0.15) is 5.75 Å². The van der Waals surface area contributed by atoms with Gasteiger partial charge < -0.3 is 19.7 Å². The standard InChI is InChI=1S/C36H49NO7S/c1-25-7-5-18-35(2)33(17-19-36(35,40)24-37(45(4,41)42)23-30-8-6-20-44-30)31-16-10-26(21-28(38)13-9-25)22-32(31)34(39)27-11-14-29(43-3)15-12-27/h7,10-12,14-16,22,28,30,33,38,40H,5-6,8-9,13,17-21,23-24H2,1-4H3. The maximum atomic E-state index is 14.2. The molecular weight excluding hydrogens is 590 g/mol. The van der Waals surface area contributed by atoms with Crippen molar-refractivity contribution in [3.63, 3.8) is 0 Å². The molecular formula is C36H49NO7S. The van der Waals surface area contributed by atoms with Crippen LogP contribution in [0.25, 0.3) is 0 Å². The number of ether oxygens (including phenoxy) is 2. The Morgan fingerprint density at radius 1 is 1.11 bits per heavy atom. The molecule has 2 bridgehead atoms. The second-order valence-corrected chi connectivity index (χ2v) is 15.7. The van der Waals surface area contributed by atoms with Crippen molar-refractivity contribution in [1.82, 2.24) is 4.31 Å². The summed E-state index contributed by atoms with van der Waals surface area (Å²) in [6.45, 7) is 4.97. The minimum Gasteiger partial charge on any atom is -0.497 e. The number of fused-ring (bicyclic) bond motifs is 8. The van der Waals surface area contributed by atoms with Gasteiger partial charge in [-0.2, -0.15) is 4.31 Å². The average molecular weight is 640 g/mol. The van der Waals surface area contributed by atoms with Crippen molar-refractivity contribution >= 4 is 15.8 Å². The zero-order chi connectivity index (χ0) is 32.4. The molecule has 2 aromatic carbocycles. The van der Waals surface area contributed by atoms with Crippen molar-refractivity contribution < 1.29 is 32.9 Å². The van der Waals surface area contributed by atoms with Gasteiger partial charge in [-0.25, -0.2) is 8.42 Å². The monoisotopic (exact) mass is 639 g/mol. The lowest BCUT2D eigenvalue weighted by Gasteiger charge is -2.46. The van der Waals surface area contributed by atoms with Crippen LogP contribution < -0.4 is 4.74 Å². The van der Waals surface area contributed by atoms with Gasteiger partial charge in [-0.15, -0.1) is 0 Å². The van der Waals surface area contributed by atoms with Gasteiger partial charge in [-0.3, -0.25) is 4.79 Å². The number of sulfonamides is 1. The van der Waals surface area contributed by atoms with E-state index in [9.17, 15) is 23.4 Å². The summed E-state index contributed by atoms with van der Waals surface area (Å²) in [7, 11) is -2.04. The Morgan fingerprint density at radius 3 is 2.53 bits per heavy atom. The quantitative estimate of drug-likeness (QED) is 0.294. The molecule has 5 atom stereocenters. The fourth-order valence-corrected chi connectivity index (χ4v) is 8.60. The van der Waals surface area contributed by atoms with Crippen molar-refractivity contribution in [2.24, 2.45) is 5.41 Å². The van der Waals surface area contributed by atoms with Crippen LogP contribution in [0.4, 0.5) is 0 Å². The molecule has 1 heterocycles. The third kappa shape index (κ3) is 7.38. The van der Waals surface area contributed by atoms with Crippen molar-refractivity contribution in [2.75, 3.05) is 33.1 Å². The largest absolute Gasteiger partial charge is 0.497 e. The van der Waals surface area contributed by atoms with E-state index in [0.29, 0.717) is 62.0 Å². The number of methoxy groups -OCH3 is 1. The molecule has 0 radical (unpaired) electrons. The Balaban J connectivity index is 1.59. The number of aliphatic hydroxyl groups is 2. The molecule has 1 saturated heterocycles. The summed E-state index contributed by atoms with van der Waals surface area (Å²) < 4.78 is 38.7. The Morgan fingerprint density at radius 2 is 1.87 bits per heavy atom. The van der Waals surface area contributed by atoms with Crippen LogP contribution in [0.3, 0.4) is 0 Å². The summed E-state index contributed by atoms with van der Waals surface area (Å²) in [4.78, 5) is 14.2. The minimum atomic E-state index is -3.62. The predicted octanol–water partition coefficient (Wildman–Crippen LogP) is 5.41. The first-order valence-electron chi connectivity index (χ1n) is 16.3. The van der Waals surface area contributed by atoms with Crippen molar-refractivity contribution in [1.29, 1.82) is 0 Å². The van der Waals surface area contributed by atoms with E-state index in [2.05, 4.69) is 19.9 Å². The van der Waals surface area contributed by atoms with Crippen LogP contribution >= 0.6 is 0 Å². The third-order valence-electron chi connectivity index (χ3n) is 10.6. The number of hydrogen-bond donors (Lipinski definition) is 2. The zero-order valence-electron chi connectivity index (χ0n) is 27.1. The molecule has 6 rings (SSSR count). The van der Waals surface area contributed by atoms with Crippen LogP contribution in [-0.4, -0.2) is 79.6 Å². The molecule has 9 heteroatoms. The SMILES string of the molecule is COc1ccc(C(=O)c2cc3ccc2C2CCC(O)(CN(CC4CCCO4)S(C)(=O)=O)C2(C)CCC=C(C)CCC(O)C3)cc1. The van der Waals surface area contributed by atoms with Gasteiger partial charge in [-0.1, -0.05) is 30.7 Å². The number of hydrogen-bond acceptors (Lipinski definition) is 7. The number of aliphatic hydroxyl groups excluding tert-OH is 1. The number of allylic oxidation sites excluding steroid dienone is 2. The fraction of sp³-hybridized carbons (Fsp3) is 0.583. The van der Waals surface area contributed by atoms with Crippen molar-refractivity contribution in [3.8, 4) is 5.75 Å². The molecule has 2 N–H and O–H groups in total. The molecule has 2 aromatic rings. The van der Waals surface area contributed by atoms with Gasteiger partial charge >= 0.3 is 0 Å². The molecule has 0 aromatic heterocycles. The normalized spacial score (nSPS) is 29.3. The number of ketones is 1.